The summed E-state index contributed by atoms with van der Waals surface area (Å²) in [6.45, 7) is 5.49. The Morgan fingerprint density at radius 1 is 1.23 bits per heavy atom. The number of ether oxygens (including phenoxy) is 1. The van der Waals surface area contributed by atoms with Crippen LogP contribution in [0.1, 0.15) is 26.2 Å². The maximum absolute atomic E-state index is 5.38. The van der Waals surface area contributed by atoms with Crippen LogP contribution < -0.4 is 5.32 Å². The van der Waals surface area contributed by atoms with Gasteiger partial charge in [0.1, 0.15) is 0 Å². The van der Waals surface area contributed by atoms with Gasteiger partial charge in [0.2, 0.25) is 0 Å². The van der Waals surface area contributed by atoms with Gasteiger partial charge >= 0.3 is 0 Å². The molecule has 0 saturated carbocycles. The molecule has 0 aliphatic carbocycles. The topological polar surface area (TPSA) is 21.3 Å². The van der Waals surface area contributed by atoms with Crippen LogP contribution in [0.5, 0.6) is 0 Å². The zero-order valence-corrected chi connectivity index (χ0v) is 9.11. The second-order valence-corrected chi connectivity index (χ2v) is 5.64. The van der Waals surface area contributed by atoms with E-state index >= 15 is 0 Å². The third-order valence-electron chi connectivity index (χ3n) is 2.97. The van der Waals surface area contributed by atoms with Crippen molar-refractivity contribution >= 4 is 11.8 Å². The molecule has 2 aliphatic rings. The molecule has 0 radical (unpaired) electrons. The molecule has 0 aromatic heterocycles. The molecule has 2 atom stereocenters. The zero-order chi connectivity index (χ0) is 9.10. The fraction of sp³-hybridized carbons (Fsp3) is 1.00. The standard InChI is InChI=1S/C10H19NOS/c1-8-2-5-11-10(13-8)9-3-6-12-7-4-9/h8-11H,2-7H2,1H3. The molecule has 0 aromatic carbocycles. The van der Waals surface area contributed by atoms with E-state index in [4.69, 9.17) is 4.74 Å². The lowest BCUT2D eigenvalue weighted by Gasteiger charge is -2.35. The van der Waals surface area contributed by atoms with E-state index in [1.54, 1.807) is 0 Å². The Hall–Kier alpha value is 0.270. The summed E-state index contributed by atoms with van der Waals surface area (Å²) < 4.78 is 5.38. The molecule has 0 bridgehead atoms. The average molecular weight is 201 g/mol. The first kappa shape index (κ1) is 9.81. The normalized spacial score (nSPS) is 37.6. The van der Waals surface area contributed by atoms with Gasteiger partial charge in [0.25, 0.3) is 0 Å². The molecular weight excluding hydrogens is 182 g/mol. The predicted octanol–water partition coefficient (Wildman–Crippen LogP) is 1.85. The Kier molecular flexibility index (Phi) is 3.52. The van der Waals surface area contributed by atoms with Gasteiger partial charge in [-0.1, -0.05) is 6.92 Å². The first-order chi connectivity index (χ1) is 6.36. The minimum Gasteiger partial charge on any atom is -0.381 e. The highest BCUT2D eigenvalue weighted by Gasteiger charge is 2.27. The van der Waals surface area contributed by atoms with Crippen molar-refractivity contribution in [3.05, 3.63) is 0 Å². The maximum Gasteiger partial charge on any atom is 0.0565 e. The summed E-state index contributed by atoms with van der Waals surface area (Å²) in [5.41, 5.74) is 0. The van der Waals surface area contributed by atoms with E-state index in [0.29, 0.717) is 5.37 Å². The van der Waals surface area contributed by atoms with E-state index in [1.807, 2.05) is 0 Å². The molecule has 2 unspecified atom stereocenters. The lowest BCUT2D eigenvalue weighted by molar-refractivity contribution is 0.0627. The van der Waals surface area contributed by atoms with Crippen molar-refractivity contribution < 1.29 is 4.74 Å². The van der Waals surface area contributed by atoms with Crippen LogP contribution in [0.15, 0.2) is 0 Å². The van der Waals surface area contributed by atoms with E-state index < -0.39 is 0 Å². The summed E-state index contributed by atoms with van der Waals surface area (Å²) in [5.74, 6) is 0.849. The minimum absolute atomic E-state index is 0.702. The van der Waals surface area contributed by atoms with Gasteiger partial charge in [0.05, 0.1) is 5.37 Å². The van der Waals surface area contributed by atoms with Crippen LogP contribution in [0, 0.1) is 5.92 Å². The highest BCUT2D eigenvalue weighted by molar-refractivity contribution is 8.00. The number of hydrogen-bond donors (Lipinski definition) is 1. The van der Waals surface area contributed by atoms with Gasteiger partial charge in [0.15, 0.2) is 0 Å². The second-order valence-electron chi connectivity index (χ2n) is 4.06. The molecule has 2 heterocycles. The summed E-state index contributed by atoms with van der Waals surface area (Å²) in [6.07, 6.45) is 3.82. The van der Waals surface area contributed by atoms with Crippen molar-refractivity contribution in [2.24, 2.45) is 5.92 Å². The lowest BCUT2D eigenvalue weighted by Crippen LogP contribution is -2.42. The van der Waals surface area contributed by atoms with Crippen LogP contribution >= 0.6 is 11.8 Å². The Bertz CT molecular complexity index is 159. The summed E-state index contributed by atoms with van der Waals surface area (Å²) in [6, 6.07) is 0. The number of rotatable bonds is 1. The van der Waals surface area contributed by atoms with Crippen molar-refractivity contribution in [3.8, 4) is 0 Å². The fourth-order valence-electron chi connectivity index (χ4n) is 2.09. The molecule has 13 heavy (non-hydrogen) atoms. The van der Waals surface area contributed by atoms with Gasteiger partial charge in [-0.05, 0) is 31.7 Å². The van der Waals surface area contributed by atoms with Crippen LogP contribution in [-0.4, -0.2) is 30.4 Å². The summed E-state index contributed by atoms with van der Waals surface area (Å²) >= 11 is 2.13. The van der Waals surface area contributed by atoms with E-state index in [2.05, 4.69) is 24.0 Å². The molecule has 2 saturated heterocycles. The zero-order valence-electron chi connectivity index (χ0n) is 8.29. The van der Waals surface area contributed by atoms with Crippen LogP contribution in [0.25, 0.3) is 0 Å². The van der Waals surface area contributed by atoms with Crippen molar-refractivity contribution in [1.82, 2.24) is 5.32 Å². The van der Waals surface area contributed by atoms with Crippen LogP contribution in [0.4, 0.5) is 0 Å². The molecule has 76 valence electrons. The van der Waals surface area contributed by atoms with Crippen LogP contribution in [0.3, 0.4) is 0 Å². The Morgan fingerprint density at radius 2 is 2.00 bits per heavy atom. The molecule has 2 nitrogen and oxygen atoms in total. The number of thioether (sulfide) groups is 1. The second kappa shape index (κ2) is 4.67. The smallest absolute Gasteiger partial charge is 0.0565 e. The largest absolute Gasteiger partial charge is 0.381 e. The quantitative estimate of drug-likeness (QED) is 0.699. The molecule has 0 spiro atoms. The average Bonchev–Trinajstić information content (AvgIpc) is 2.19. The van der Waals surface area contributed by atoms with Gasteiger partial charge in [-0.15, -0.1) is 11.8 Å². The fourth-order valence-corrected chi connectivity index (χ4v) is 3.55. The van der Waals surface area contributed by atoms with Crippen molar-refractivity contribution in [1.29, 1.82) is 0 Å². The highest BCUT2D eigenvalue weighted by Crippen LogP contribution is 2.32. The van der Waals surface area contributed by atoms with E-state index in [-0.39, 0.29) is 0 Å². The predicted molar refractivity (Wildman–Crippen MR) is 57.0 cm³/mol. The molecule has 3 heteroatoms. The van der Waals surface area contributed by atoms with Gasteiger partial charge in [0, 0.05) is 18.5 Å². The Labute approximate surface area is 84.8 Å². The SMILES string of the molecule is CC1CCNC(C2CCOCC2)S1. The molecule has 0 amide bonds. The van der Waals surface area contributed by atoms with Gasteiger partial charge in [-0.3, -0.25) is 0 Å². The van der Waals surface area contributed by atoms with E-state index in [9.17, 15) is 0 Å². The summed E-state index contributed by atoms with van der Waals surface area (Å²) in [5, 5.41) is 5.17. The molecular formula is C10H19NOS. The van der Waals surface area contributed by atoms with Gasteiger partial charge < -0.3 is 10.1 Å². The number of nitrogens with one attached hydrogen (secondary N) is 1. The lowest BCUT2D eigenvalue weighted by atomic mass is 10.00. The summed E-state index contributed by atoms with van der Waals surface area (Å²) in [7, 11) is 0. The first-order valence-electron chi connectivity index (χ1n) is 5.33. The van der Waals surface area contributed by atoms with Crippen LogP contribution in [0.2, 0.25) is 0 Å². The van der Waals surface area contributed by atoms with Crippen molar-refractivity contribution in [2.45, 2.75) is 36.8 Å². The Morgan fingerprint density at radius 3 is 2.69 bits per heavy atom. The first-order valence-corrected chi connectivity index (χ1v) is 6.27. The third-order valence-corrected chi connectivity index (χ3v) is 4.51. The maximum atomic E-state index is 5.38. The molecule has 2 fully saturated rings. The summed E-state index contributed by atoms with van der Waals surface area (Å²) in [4.78, 5) is 0. The molecule has 2 rings (SSSR count). The molecule has 2 aliphatic heterocycles. The number of hydrogen-bond acceptors (Lipinski definition) is 3. The van der Waals surface area contributed by atoms with Crippen LogP contribution in [-0.2, 0) is 4.74 Å². The Balaban J connectivity index is 1.83. The van der Waals surface area contributed by atoms with Crippen molar-refractivity contribution in [3.63, 3.8) is 0 Å². The van der Waals surface area contributed by atoms with E-state index in [1.165, 1.54) is 25.8 Å². The molecule has 1 N–H and O–H groups in total. The van der Waals surface area contributed by atoms with E-state index in [0.717, 1.165) is 24.4 Å². The van der Waals surface area contributed by atoms with Gasteiger partial charge in [-0.2, -0.15) is 0 Å². The van der Waals surface area contributed by atoms with Crippen molar-refractivity contribution in [2.75, 3.05) is 19.8 Å². The highest BCUT2D eigenvalue weighted by atomic mass is 32.2. The van der Waals surface area contributed by atoms with Gasteiger partial charge in [-0.25, -0.2) is 0 Å². The monoisotopic (exact) mass is 201 g/mol. The third kappa shape index (κ3) is 2.61. The minimum atomic E-state index is 0.702. The molecule has 0 aromatic rings.